The molecule has 2 rings (SSSR count). The number of aliphatic hydroxyl groups is 1. The fraction of sp³-hybridized carbons (Fsp3) is 0.0769. The molecule has 0 aromatic heterocycles. The zero-order chi connectivity index (χ0) is 14.7. The van der Waals surface area contributed by atoms with Crippen molar-refractivity contribution >= 4 is 33.2 Å². The quantitative estimate of drug-likeness (QED) is 0.653. The van der Waals surface area contributed by atoms with Gasteiger partial charge in [-0.15, -0.1) is 0 Å². The highest BCUT2D eigenvalue weighted by Gasteiger charge is 2.17. The van der Waals surface area contributed by atoms with Gasteiger partial charge in [-0.25, -0.2) is 0 Å². The Hall–Kier alpha value is -1.63. The van der Waals surface area contributed by atoms with Crippen LogP contribution in [0, 0.1) is 10.1 Å². The lowest BCUT2D eigenvalue weighted by molar-refractivity contribution is -0.385. The Balaban J connectivity index is 2.42. The maximum Gasteiger partial charge on any atom is 0.313 e. The Morgan fingerprint density at radius 3 is 2.60 bits per heavy atom. The third kappa shape index (κ3) is 3.27. The van der Waals surface area contributed by atoms with Gasteiger partial charge in [0.15, 0.2) is 0 Å². The average Bonchev–Trinajstić information content (AvgIpc) is 2.42. The molecule has 0 radical (unpaired) electrons. The summed E-state index contributed by atoms with van der Waals surface area (Å²) in [4.78, 5) is 10.4. The van der Waals surface area contributed by atoms with Gasteiger partial charge in [0, 0.05) is 21.1 Å². The van der Waals surface area contributed by atoms with Gasteiger partial charge in [0.25, 0.3) is 0 Å². The van der Waals surface area contributed by atoms with Crippen molar-refractivity contribution < 1.29 is 14.8 Å². The number of hydrogen-bond acceptors (Lipinski definition) is 4. The van der Waals surface area contributed by atoms with E-state index in [9.17, 15) is 15.2 Å². The van der Waals surface area contributed by atoms with E-state index in [0.717, 1.165) is 4.47 Å². The first-order valence-corrected chi connectivity index (χ1v) is 6.69. The van der Waals surface area contributed by atoms with Crippen molar-refractivity contribution in [2.75, 3.05) is 0 Å². The lowest BCUT2D eigenvalue weighted by Crippen LogP contribution is -1.96. The molecule has 0 spiro atoms. The van der Waals surface area contributed by atoms with Crippen molar-refractivity contribution in [3.63, 3.8) is 0 Å². The number of aliphatic hydroxyl groups excluding tert-OH is 1. The molecular formula is C13H9BrClNO4. The predicted octanol–water partition coefficient (Wildman–Crippen LogP) is 4.30. The van der Waals surface area contributed by atoms with Crippen molar-refractivity contribution in [1.82, 2.24) is 0 Å². The summed E-state index contributed by atoms with van der Waals surface area (Å²) in [6.07, 6.45) is 0. The minimum atomic E-state index is -0.571. The zero-order valence-corrected chi connectivity index (χ0v) is 12.4. The topological polar surface area (TPSA) is 72.6 Å². The van der Waals surface area contributed by atoms with Crippen LogP contribution in [0.25, 0.3) is 0 Å². The van der Waals surface area contributed by atoms with Crippen LogP contribution in [0.15, 0.2) is 40.9 Å². The number of halogens is 2. The Morgan fingerprint density at radius 2 is 1.95 bits per heavy atom. The molecular weight excluding hydrogens is 350 g/mol. The van der Waals surface area contributed by atoms with E-state index in [1.54, 1.807) is 18.2 Å². The van der Waals surface area contributed by atoms with E-state index in [0.29, 0.717) is 11.3 Å². The van der Waals surface area contributed by atoms with E-state index in [4.69, 9.17) is 16.3 Å². The molecule has 104 valence electrons. The lowest BCUT2D eigenvalue weighted by Gasteiger charge is -2.10. The molecule has 0 unspecified atom stereocenters. The molecule has 0 saturated heterocycles. The van der Waals surface area contributed by atoms with Crippen LogP contribution in [0.3, 0.4) is 0 Å². The van der Waals surface area contributed by atoms with Crippen LogP contribution in [0.5, 0.6) is 11.5 Å². The summed E-state index contributed by atoms with van der Waals surface area (Å²) >= 11 is 9.01. The van der Waals surface area contributed by atoms with Gasteiger partial charge in [-0.3, -0.25) is 10.1 Å². The molecule has 0 aliphatic carbocycles. The first-order chi connectivity index (χ1) is 9.51. The highest BCUT2D eigenvalue weighted by Crippen LogP contribution is 2.35. The van der Waals surface area contributed by atoms with Gasteiger partial charge < -0.3 is 9.84 Å². The first kappa shape index (κ1) is 14.8. The minimum Gasteiger partial charge on any atom is -0.450 e. The summed E-state index contributed by atoms with van der Waals surface area (Å²) in [5.41, 5.74) is 0.285. The van der Waals surface area contributed by atoms with Crippen molar-refractivity contribution in [2.45, 2.75) is 6.61 Å². The molecule has 0 saturated carbocycles. The molecule has 0 atom stereocenters. The van der Waals surface area contributed by atoms with Crippen LogP contribution in [-0.4, -0.2) is 10.0 Å². The third-order valence-corrected chi connectivity index (χ3v) is 3.26. The number of benzene rings is 2. The average molecular weight is 359 g/mol. The van der Waals surface area contributed by atoms with Crippen molar-refractivity contribution in [3.05, 3.63) is 61.6 Å². The first-order valence-electron chi connectivity index (χ1n) is 5.52. The smallest absolute Gasteiger partial charge is 0.313 e. The molecule has 0 aliphatic heterocycles. The maximum absolute atomic E-state index is 11.0. The van der Waals surface area contributed by atoms with Crippen LogP contribution in [-0.2, 0) is 6.61 Å². The Labute approximate surface area is 128 Å². The normalized spacial score (nSPS) is 10.3. The maximum atomic E-state index is 11.0. The molecule has 5 nitrogen and oxygen atoms in total. The summed E-state index contributed by atoms with van der Waals surface area (Å²) in [6.45, 7) is -0.240. The van der Waals surface area contributed by atoms with Gasteiger partial charge in [0.1, 0.15) is 5.75 Å². The Kier molecular flexibility index (Phi) is 4.59. The molecule has 7 heteroatoms. The number of ether oxygens (including phenoxy) is 1. The highest BCUT2D eigenvalue weighted by atomic mass is 79.9. The Morgan fingerprint density at radius 1 is 1.25 bits per heavy atom. The van der Waals surface area contributed by atoms with E-state index in [1.807, 2.05) is 0 Å². The van der Waals surface area contributed by atoms with Crippen LogP contribution in [0.2, 0.25) is 5.02 Å². The number of nitro groups is 1. The molecule has 0 aliphatic rings. The number of rotatable bonds is 4. The number of nitro benzene ring substituents is 1. The fourth-order valence-electron chi connectivity index (χ4n) is 1.61. The summed E-state index contributed by atoms with van der Waals surface area (Å²) in [5.74, 6) is 0.414. The minimum absolute atomic E-state index is 0.0661. The SMILES string of the molecule is O=[N+]([O-])c1cc(Cl)ccc1Oc1ccc(Br)cc1CO. The molecule has 1 N–H and O–H groups in total. The number of hydrogen-bond donors (Lipinski definition) is 1. The van der Waals surface area contributed by atoms with Gasteiger partial charge in [-0.1, -0.05) is 27.5 Å². The largest absolute Gasteiger partial charge is 0.450 e. The fourth-order valence-corrected chi connectivity index (χ4v) is 2.18. The van der Waals surface area contributed by atoms with Crippen LogP contribution in [0.1, 0.15) is 5.56 Å². The molecule has 2 aromatic rings. The summed E-state index contributed by atoms with van der Waals surface area (Å²) in [5, 5.41) is 20.5. The van der Waals surface area contributed by atoms with Crippen LogP contribution in [0.4, 0.5) is 5.69 Å². The van der Waals surface area contributed by atoms with Gasteiger partial charge in [-0.2, -0.15) is 0 Å². The molecule has 2 aromatic carbocycles. The zero-order valence-electron chi connectivity index (χ0n) is 10.0. The second kappa shape index (κ2) is 6.21. The second-order valence-electron chi connectivity index (χ2n) is 3.88. The van der Waals surface area contributed by atoms with Crippen molar-refractivity contribution in [3.8, 4) is 11.5 Å². The Bertz CT molecular complexity index is 663. The molecule has 0 heterocycles. The van der Waals surface area contributed by atoms with E-state index >= 15 is 0 Å². The monoisotopic (exact) mass is 357 g/mol. The molecule has 20 heavy (non-hydrogen) atoms. The van der Waals surface area contributed by atoms with Crippen molar-refractivity contribution in [1.29, 1.82) is 0 Å². The van der Waals surface area contributed by atoms with Gasteiger partial charge in [-0.05, 0) is 30.3 Å². The van der Waals surface area contributed by atoms with E-state index < -0.39 is 4.92 Å². The summed E-state index contributed by atoms with van der Waals surface area (Å²) in [6, 6.07) is 9.15. The molecule has 0 amide bonds. The van der Waals surface area contributed by atoms with Crippen LogP contribution < -0.4 is 4.74 Å². The van der Waals surface area contributed by atoms with Gasteiger partial charge >= 0.3 is 5.69 Å². The standard InChI is InChI=1S/C13H9BrClNO4/c14-9-1-3-12(8(5-9)7-17)20-13-4-2-10(15)6-11(13)16(18)19/h1-6,17H,7H2. The van der Waals surface area contributed by atoms with Crippen molar-refractivity contribution in [2.24, 2.45) is 0 Å². The highest BCUT2D eigenvalue weighted by molar-refractivity contribution is 9.10. The lowest BCUT2D eigenvalue weighted by atomic mass is 10.2. The van der Waals surface area contributed by atoms with E-state index in [2.05, 4.69) is 15.9 Å². The predicted molar refractivity (Wildman–Crippen MR) is 78.2 cm³/mol. The second-order valence-corrected chi connectivity index (χ2v) is 5.23. The summed E-state index contributed by atoms with van der Waals surface area (Å²) in [7, 11) is 0. The van der Waals surface area contributed by atoms with E-state index in [-0.39, 0.29) is 23.1 Å². The molecule has 0 fully saturated rings. The summed E-state index contributed by atoms with van der Waals surface area (Å²) < 4.78 is 6.30. The third-order valence-electron chi connectivity index (χ3n) is 2.53. The van der Waals surface area contributed by atoms with Gasteiger partial charge in [0.05, 0.1) is 11.5 Å². The molecule has 0 bridgehead atoms. The van der Waals surface area contributed by atoms with Crippen LogP contribution >= 0.6 is 27.5 Å². The van der Waals surface area contributed by atoms with Gasteiger partial charge in [0.2, 0.25) is 5.75 Å². The van der Waals surface area contributed by atoms with E-state index in [1.165, 1.54) is 18.2 Å². The number of nitrogens with zero attached hydrogens (tertiary/aromatic N) is 1.